The predicted molar refractivity (Wildman–Crippen MR) is 158 cm³/mol. The summed E-state index contributed by atoms with van der Waals surface area (Å²) >= 11 is 0. The Balaban J connectivity index is 1.87. The van der Waals surface area contributed by atoms with Crippen LogP contribution in [0.15, 0.2) is 30.3 Å². The van der Waals surface area contributed by atoms with E-state index in [1.165, 1.54) is 0 Å². The number of carbonyl (C=O) groups is 4. The first-order valence-electron chi connectivity index (χ1n) is 14.7. The van der Waals surface area contributed by atoms with Crippen LogP contribution in [0.5, 0.6) is 0 Å². The molecule has 0 spiro atoms. The maximum Gasteiger partial charge on any atom is 0.407 e. The first-order valence-corrected chi connectivity index (χ1v) is 14.7. The van der Waals surface area contributed by atoms with Crippen molar-refractivity contribution in [2.45, 2.75) is 116 Å². The van der Waals surface area contributed by atoms with Crippen LogP contribution in [0.3, 0.4) is 0 Å². The number of hydrogen-bond donors (Lipinski definition) is 3. The topological polar surface area (TPSA) is 179 Å². The highest BCUT2D eigenvalue weighted by Crippen LogP contribution is 2.14. The van der Waals surface area contributed by atoms with Gasteiger partial charge in [-0.2, -0.15) is 0 Å². The molecule has 1 aromatic carbocycles. The molecule has 13 nitrogen and oxygen atoms in total. The molecule has 13 heteroatoms. The zero-order chi connectivity index (χ0) is 31.9. The predicted octanol–water partition coefficient (Wildman–Crippen LogP) is 2.46. The molecule has 0 aromatic heterocycles. The molecule has 0 aliphatic carbocycles. The number of rotatable bonds is 16. The van der Waals surface area contributed by atoms with Gasteiger partial charge in [0.25, 0.3) is 0 Å². The highest BCUT2D eigenvalue weighted by atomic mass is 16.6. The molecule has 1 fully saturated rings. The zero-order valence-electron chi connectivity index (χ0n) is 26.1. The minimum Gasteiger partial charge on any atom is -0.458 e. The highest BCUT2D eigenvalue weighted by molar-refractivity contribution is 5.91. The number of alkyl carbamates (subject to hydrolysis) is 1. The van der Waals surface area contributed by atoms with Crippen molar-refractivity contribution in [3.05, 3.63) is 42.1 Å². The van der Waals surface area contributed by atoms with Gasteiger partial charge in [0, 0.05) is 25.8 Å². The molecule has 3 amide bonds. The standard InChI is InChI=1S/C30H46N7O6/c1-29(2,3)42-27(40)23(19-21-15-11-10-12-16-21)33-26(39)22(20-24-34-36-37-35-24)32-25(38)17-13-8-7-9-14-18-31-28(41)43-30(4,5)6/h10-12,15-16,22-23H,7-9,13-14,17-20H2,1-6H3,(H,31,41)(H,32,38)(H,33,39)/t22-,23-/m0/s1. The third-order valence-corrected chi connectivity index (χ3v) is 5.94. The smallest absolute Gasteiger partial charge is 0.407 e. The molecule has 3 N–H and O–H groups in total. The second-order valence-electron chi connectivity index (χ2n) is 12.4. The van der Waals surface area contributed by atoms with Gasteiger partial charge >= 0.3 is 12.1 Å². The lowest BCUT2D eigenvalue weighted by Gasteiger charge is -2.26. The summed E-state index contributed by atoms with van der Waals surface area (Å²) in [5, 5.41) is 8.24. The molecule has 1 aromatic rings. The zero-order valence-corrected chi connectivity index (χ0v) is 26.1. The van der Waals surface area contributed by atoms with Crippen LogP contribution in [0.2, 0.25) is 0 Å². The Labute approximate surface area is 255 Å². The van der Waals surface area contributed by atoms with Crippen LogP contribution in [0.25, 0.3) is 0 Å². The van der Waals surface area contributed by atoms with E-state index in [0.29, 0.717) is 13.0 Å². The molecule has 1 heterocycles. The monoisotopic (exact) mass is 600 g/mol. The summed E-state index contributed by atoms with van der Waals surface area (Å²) in [4.78, 5) is 50.9. The van der Waals surface area contributed by atoms with E-state index >= 15 is 0 Å². The highest BCUT2D eigenvalue weighted by Gasteiger charge is 2.34. The lowest BCUT2D eigenvalue weighted by molar-refractivity contribution is -0.158. The molecular formula is C30H46N7O6. The van der Waals surface area contributed by atoms with Gasteiger partial charge in [-0.1, -0.05) is 60.4 Å². The van der Waals surface area contributed by atoms with Crippen molar-refractivity contribution in [3.63, 3.8) is 0 Å². The Morgan fingerprint density at radius 1 is 0.744 bits per heavy atom. The third-order valence-electron chi connectivity index (χ3n) is 5.94. The third kappa shape index (κ3) is 16.2. The number of nitrogens with one attached hydrogen (secondary N) is 3. The van der Waals surface area contributed by atoms with Crippen molar-refractivity contribution in [2.24, 2.45) is 0 Å². The number of hydrogen-bond acceptors (Lipinski definition) is 6. The molecule has 1 aliphatic heterocycles. The summed E-state index contributed by atoms with van der Waals surface area (Å²) in [5.41, 5.74) is 14.0. The van der Waals surface area contributed by atoms with E-state index in [4.69, 9.17) is 9.47 Å². The normalized spacial score (nSPS) is 15.3. The maximum atomic E-state index is 13.4. The number of carbonyl (C=O) groups excluding carboxylic acids is 4. The van der Waals surface area contributed by atoms with Gasteiger partial charge < -0.3 is 25.4 Å². The van der Waals surface area contributed by atoms with Crippen LogP contribution in [-0.4, -0.2) is 53.7 Å². The van der Waals surface area contributed by atoms with Crippen molar-refractivity contribution in [1.29, 1.82) is 0 Å². The molecule has 0 bridgehead atoms. The van der Waals surface area contributed by atoms with E-state index in [-0.39, 0.29) is 31.3 Å². The van der Waals surface area contributed by atoms with Gasteiger partial charge in [-0.05, 0) is 71.0 Å². The average Bonchev–Trinajstić information content (AvgIpc) is 3.41. The number of unbranched alkanes of at least 4 members (excludes halogenated alkanes) is 4. The van der Waals surface area contributed by atoms with Crippen molar-refractivity contribution < 1.29 is 28.7 Å². The molecule has 0 unspecified atom stereocenters. The van der Waals surface area contributed by atoms with Crippen LogP contribution >= 0.6 is 0 Å². The molecule has 0 saturated carbocycles. The molecule has 5 radical (unpaired) electrons. The minimum absolute atomic E-state index is 0.0401. The SMILES string of the molecule is CC(C)(C)OC(=O)NCCCCCCCC(=O)N[C@@H](C[C]1[N][N][N][N]1)C(=O)N[C@@H](Cc1ccccc1)C(=O)OC(C)(C)C. The van der Waals surface area contributed by atoms with Gasteiger partial charge in [0.05, 0.1) is 0 Å². The van der Waals surface area contributed by atoms with E-state index in [1.807, 2.05) is 51.1 Å². The van der Waals surface area contributed by atoms with Gasteiger partial charge in [0.1, 0.15) is 23.3 Å². The molecule has 237 valence electrons. The Kier molecular flexibility index (Phi) is 14.8. The van der Waals surface area contributed by atoms with E-state index in [0.717, 1.165) is 31.2 Å². The summed E-state index contributed by atoms with van der Waals surface area (Å²) in [7, 11) is 0. The van der Waals surface area contributed by atoms with Crippen molar-refractivity contribution >= 4 is 23.9 Å². The molecule has 2 rings (SSSR count). The van der Waals surface area contributed by atoms with Gasteiger partial charge in [-0.25, -0.2) is 9.59 Å². The fourth-order valence-electron chi connectivity index (χ4n) is 4.04. The first-order chi connectivity index (χ1) is 20.2. The van der Waals surface area contributed by atoms with Crippen LogP contribution in [0.4, 0.5) is 4.79 Å². The fourth-order valence-corrected chi connectivity index (χ4v) is 4.04. The van der Waals surface area contributed by atoms with Gasteiger partial charge in [-0.3, -0.25) is 9.59 Å². The Morgan fingerprint density at radius 3 is 1.98 bits per heavy atom. The van der Waals surface area contributed by atoms with Crippen LogP contribution in [-0.2, 0) is 30.3 Å². The summed E-state index contributed by atoms with van der Waals surface area (Å²) in [6, 6.07) is 7.25. The number of nitrogens with zero attached hydrogens (tertiary/aromatic N) is 4. The van der Waals surface area contributed by atoms with Crippen molar-refractivity contribution in [3.8, 4) is 0 Å². The molecule has 43 heavy (non-hydrogen) atoms. The fraction of sp³-hybridized carbons (Fsp3) is 0.633. The Morgan fingerprint density at radius 2 is 1.35 bits per heavy atom. The van der Waals surface area contributed by atoms with E-state index < -0.39 is 41.3 Å². The summed E-state index contributed by atoms with van der Waals surface area (Å²) < 4.78 is 10.8. The number of benzene rings is 1. The van der Waals surface area contributed by atoms with Crippen LogP contribution in [0.1, 0.15) is 92.1 Å². The Bertz CT molecular complexity index is 1020. The minimum atomic E-state index is -1.04. The van der Waals surface area contributed by atoms with E-state index in [1.54, 1.807) is 20.8 Å². The summed E-state index contributed by atoms with van der Waals surface area (Å²) in [6.45, 7) is 11.2. The number of amides is 3. The van der Waals surface area contributed by atoms with Crippen LogP contribution in [0, 0.1) is 6.17 Å². The molecule has 2 atom stereocenters. The van der Waals surface area contributed by atoms with E-state index in [2.05, 4.69) is 37.9 Å². The average molecular weight is 601 g/mol. The van der Waals surface area contributed by atoms with E-state index in [9.17, 15) is 19.2 Å². The molecule has 1 aliphatic rings. The number of esters is 1. The Hall–Kier alpha value is -3.26. The van der Waals surface area contributed by atoms with Gasteiger partial charge in [0.2, 0.25) is 11.8 Å². The van der Waals surface area contributed by atoms with Crippen molar-refractivity contribution in [2.75, 3.05) is 6.54 Å². The molecule has 1 saturated heterocycles. The number of ether oxygens (including phenoxy) is 2. The van der Waals surface area contributed by atoms with Gasteiger partial charge in [-0.15, -0.1) is 0 Å². The lowest BCUT2D eigenvalue weighted by atomic mass is 10.0. The quantitative estimate of drug-likeness (QED) is 0.194. The van der Waals surface area contributed by atoms with Gasteiger partial charge in [0.15, 0.2) is 6.17 Å². The maximum absolute atomic E-state index is 13.4. The molecular weight excluding hydrogens is 554 g/mol. The second-order valence-corrected chi connectivity index (χ2v) is 12.4. The summed E-state index contributed by atoms with van der Waals surface area (Å²) in [5.74, 6) is -1.46. The first kappa shape index (κ1) is 35.9. The van der Waals surface area contributed by atoms with Crippen LogP contribution < -0.4 is 37.9 Å². The lowest BCUT2D eigenvalue weighted by Crippen LogP contribution is -2.54. The second kappa shape index (κ2) is 17.8. The van der Waals surface area contributed by atoms with Crippen molar-refractivity contribution in [1.82, 2.24) is 37.9 Å². The largest absolute Gasteiger partial charge is 0.458 e. The summed E-state index contributed by atoms with van der Waals surface area (Å²) in [6.07, 6.45) is 4.18.